The zero-order chi connectivity index (χ0) is 23.9. The molecule has 3 aromatic rings. The maximum atomic E-state index is 12.0. The number of amides is 3. The maximum absolute atomic E-state index is 12.0. The molecule has 3 amide bonds. The van der Waals surface area contributed by atoms with Crippen LogP contribution in [0.1, 0.15) is 17.9 Å². The second-order valence-electron chi connectivity index (χ2n) is 7.39. The lowest BCUT2D eigenvalue weighted by molar-refractivity contribution is -0.148. The Morgan fingerprint density at radius 2 is 1.76 bits per heavy atom. The van der Waals surface area contributed by atoms with Crippen molar-refractivity contribution in [2.24, 2.45) is 0 Å². The summed E-state index contributed by atoms with van der Waals surface area (Å²) >= 11 is 0. The molecule has 0 saturated heterocycles. The van der Waals surface area contributed by atoms with Crippen LogP contribution in [0, 0.1) is 6.92 Å². The van der Waals surface area contributed by atoms with Gasteiger partial charge in [0, 0.05) is 23.7 Å². The van der Waals surface area contributed by atoms with Crippen molar-refractivity contribution in [3.05, 3.63) is 53.9 Å². The van der Waals surface area contributed by atoms with Crippen molar-refractivity contribution < 1.29 is 33.0 Å². The standard InChI is InChI=1S/C23H22N4O7/c1-14-2-4-15(5-3-14)22-27-26-20(34-22)8-9-21(29)33-13-19(28)25-23(30)24-16-6-7-17-18(12-16)32-11-10-31-17/h2-7,12H,8-11,13H2,1H3,(H2,24,25,28,30). The quantitative estimate of drug-likeness (QED) is 0.503. The van der Waals surface area contributed by atoms with E-state index in [0.29, 0.717) is 36.3 Å². The van der Waals surface area contributed by atoms with Gasteiger partial charge in [0.1, 0.15) is 13.2 Å². The average molecular weight is 466 g/mol. The molecule has 176 valence electrons. The van der Waals surface area contributed by atoms with Gasteiger partial charge in [0.15, 0.2) is 18.1 Å². The smallest absolute Gasteiger partial charge is 0.325 e. The summed E-state index contributed by atoms with van der Waals surface area (Å²) in [4.78, 5) is 35.8. The number of carbonyl (C=O) groups is 3. The number of nitrogens with one attached hydrogen (secondary N) is 2. The second kappa shape index (κ2) is 10.5. The number of benzene rings is 2. The first-order valence-electron chi connectivity index (χ1n) is 10.5. The molecule has 0 saturated carbocycles. The van der Waals surface area contributed by atoms with Crippen molar-refractivity contribution in [3.63, 3.8) is 0 Å². The van der Waals surface area contributed by atoms with E-state index in [9.17, 15) is 14.4 Å². The van der Waals surface area contributed by atoms with E-state index in [2.05, 4.69) is 20.8 Å². The van der Waals surface area contributed by atoms with E-state index in [4.69, 9.17) is 18.6 Å². The Labute approximate surface area is 194 Å². The number of esters is 1. The normalized spacial score (nSPS) is 12.0. The first kappa shape index (κ1) is 22.8. The summed E-state index contributed by atoms with van der Waals surface area (Å²) < 4.78 is 21.3. The lowest BCUT2D eigenvalue weighted by Crippen LogP contribution is -2.37. The summed E-state index contributed by atoms with van der Waals surface area (Å²) in [5.41, 5.74) is 2.30. The highest BCUT2D eigenvalue weighted by molar-refractivity contribution is 6.02. The second-order valence-corrected chi connectivity index (χ2v) is 7.39. The summed E-state index contributed by atoms with van der Waals surface area (Å²) in [5.74, 6) is 0.284. The Morgan fingerprint density at radius 1 is 1.00 bits per heavy atom. The van der Waals surface area contributed by atoms with Crippen LogP contribution in [0.2, 0.25) is 0 Å². The third-order valence-electron chi connectivity index (χ3n) is 4.73. The van der Waals surface area contributed by atoms with Crippen LogP contribution in [0.4, 0.5) is 10.5 Å². The fraction of sp³-hybridized carbons (Fsp3) is 0.261. The molecule has 0 unspecified atom stereocenters. The molecule has 1 aliphatic rings. The molecule has 0 aliphatic carbocycles. The number of rotatable bonds is 7. The Morgan fingerprint density at radius 3 is 2.56 bits per heavy atom. The number of ether oxygens (including phenoxy) is 3. The van der Waals surface area contributed by atoms with Gasteiger partial charge < -0.3 is 23.9 Å². The average Bonchev–Trinajstić information content (AvgIpc) is 3.31. The molecule has 2 aromatic carbocycles. The number of aromatic nitrogens is 2. The monoisotopic (exact) mass is 466 g/mol. The van der Waals surface area contributed by atoms with E-state index >= 15 is 0 Å². The molecule has 2 N–H and O–H groups in total. The molecule has 0 spiro atoms. The zero-order valence-corrected chi connectivity index (χ0v) is 18.3. The van der Waals surface area contributed by atoms with Crippen molar-refractivity contribution in [2.75, 3.05) is 25.1 Å². The van der Waals surface area contributed by atoms with Gasteiger partial charge in [-0.05, 0) is 31.2 Å². The summed E-state index contributed by atoms with van der Waals surface area (Å²) in [6, 6.07) is 11.7. The topological polar surface area (TPSA) is 142 Å². The highest BCUT2D eigenvalue weighted by Gasteiger charge is 2.16. The van der Waals surface area contributed by atoms with E-state index in [-0.39, 0.29) is 18.7 Å². The van der Waals surface area contributed by atoms with Gasteiger partial charge in [0.2, 0.25) is 11.8 Å². The molecular formula is C23H22N4O7. The van der Waals surface area contributed by atoms with E-state index < -0.39 is 24.5 Å². The molecule has 1 aromatic heterocycles. The lowest BCUT2D eigenvalue weighted by atomic mass is 10.1. The first-order valence-corrected chi connectivity index (χ1v) is 10.5. The largest absolute Gasteiger partial charge is 0.486 e. The van der Waals surface area contributed by atoms with Gasteiger partial charge in [-0.15, -0.1) is 10.2 Å². The molecule has 2 heterocycles. The SMILES string of the molecule is Cc1ccc(-c2nnc(CCC(=O)OCC(=O)NC(=O)Nc3ccc4c(c3)OCCO4)o2)cc1. The third-order valence-corrected chi connectivity index (χ3v) is 4.73. The number of anilines is 1. The molecule has 0 fully saturated rings. The van der Waals surface area contributed by atoms with Gasteiger partial charge in [-0.25, -0.2) is 4.79 Å². The van der Waals surface area contributed by atoms with Crippen LogP contribution < -0.4 is 20.1 Å². The van der Waals surface area contributed by atoms with E-state index in [1.165, 1.54) is 0 Å². The third kappa shape index (κ3) is 6.09. The minimum Gasteiger partial charge on any atom is -0.486 e. The molecule has 1 aliphatic heterocycles. The predicted octanol–water partition coefficient (Wildman–Crippen LogP) is 2.64. The lowest BCUT2D eigenvalue weighted by Gasteiger charge is -2.19. The Hall–Kier alpha value is -4.41. The van der Waals surface area contributed by atoms with Gasteiger partial charge in [-0.2, -0.15) is 0 Å². The highest BCUT2D eigenvalue weighted by atomic mass is 16.6. The van der Waals surface area contributed by atoms with Crippen molar-refractivity contribution in [3.8, 4) is 23.0 Å². The first-order chi connectivity index (χ1) is 16.5. The van der Waals surface area contributed by atoms with Crippen LogP contribution in [0.15, 0.2) is 46.9 Å². The Bertz CT molecular complexity index is 1190. The summed E-state index contributed by atoms with van der Waals surface area (Å²) in [6.45, 7) is 2.23. The van der Waals surface area contributed by atoms with E-state index in [0.717, 1.165) is 11.1 Å². The predicted molar refractivity (Wildman–Crippen MR) is 118 cm³/mol. The van der Waals surface area contributed by atoms with Crippen LogP contribution >= 0.6 is 0 Å². The number of hydrogen-bond donors (Lipinski definition) is 2. The molecule has 4 rings (SSSR count). The molecule has 34 heavy (non-hydrogen) atoms. The Balaban J connectivity index is 1.17. The van der Waals surface area contributed by atoms with Gasteiger partial charge >= 0.3 is 12.0 Å². The minimum atomic E-state index is -0.775. The van der Waals surface area contributed by atoms with Crippen LogP contribution in [0.5, 0.6) is 11.5 Å². The summed E-state index contributed by atoms with van der Waals surface area (Å²) in [6.07, 6.45) is 0.0934. The van der Waals surface area contributed by atoms with Gasteiger partial charge in [0.25, 0.3) is 5.91 Å². The fourth-order valence-electron chi connectivity index (χ4n) is 3.04. The number of urea groups is 1. The number of nitrogens with zero attached hydrogens (tertiary/aromatic N) is 2. The van der Waals surface area contributed by atoms with Crippen LogP contribution in [0.3, 0.4) is 0 Å². The van der Waals surface area contributed by atoms with Crippen molar-refractivity contribution in [1.82, 2.24) is 15.5 Å². The van der Waals surface area contributed by atoms with Crippen molar-refractivity contribution >= 4 is 23.6 Å². The highest BCUT2D eigenvalue weighted by Crippen LogP contribution is 2.32. The van der Waals surface area contributed by atoms with Crippen molar-refractivity contribution in [2.45, 2.75) is 19.8 Å². The number of imide groups is 1. The van der Waals surface area contributed by atoms with Gasteiger partial charge in [-0.3, -0.25) is 14.9 Å². The number of hydrogen-bond acceptors (Lipinski definition) is 9. The summed E-state index contributed by atoms with van der Waals surface area (Å²) in [5, 5.41) is 12.5. The number of carbonyl (C=O) groups excluding carboxylic acids is 3. The Kier molecular flexibility index (Phi) is 7.01. The van der Waals surface area contributed by atoms with E-state index in [1.54, 1.807) is 18.2 Å². The molecule has 0 atom stereocenters. The molecular weight excluding hydrogens is 444 g/mol. The number of aryl methyl sites for hydroxylation is 2. The zero-order valence-electron chi connectivity index (χ0n) is 18.3. The van der Waals surface area contributed by atoms with Crippen molar-refractivity contribution in [1.29, 1.82) is 0 Å². The molecule has 0 bridgehead atoms. The van der Waals surface area contributed by atoms with Crippen LogP contribution in [0.25, 0.3) is 11.5 Å². The minimum absolute atomic E-state index is 0.0633. The maximum Gasteiger partial charge on any atom is 0.325 e. The van der Waals surface area contributed by atoms with Gasteiger partial charge in [-0.1, -0.05) is 17.7 Å². The van der Waals surface area contributed by atoms with E-state index in [1.807, 2.05) is 31.2 Å². The number of fused-ring (bicyclic) bond motifs is 1. The van der Waals surface area contributed by atoms with Gasteiger partial charge in [0.05, 0.1) is 6.42 Å². The van der Waals surface area contributed by atoms with Crippen LogP contribution in [-0.2, 0) is 20.7 Å². The summed E-state index contributed by atoms with van der Waals surface area (Å²) in [7, 11) is 0. The molecule has 11 heteroatoms. The van der Waals surface area contributed by atoms with Crippen LogP contribution in [-0.4, -0.2) is 47.9 Å². The molecule has 11 nitrogen and oxygen atoms in total. The fourth-order valence-corrected chi connectivity index (χ4v) is 3.04. The molecule has 0 radical (unpaired) electrons.